The van der Waals surface area contributed by atoms with Crippen LogP contribution in [0, 0.1) is 12.7 Å². The molecule has 21 heavy (non-hydrogen) atoms. The summed E-state index contributed by atoms with van der Waals surface area (Å²) in [5.74, 6) is -1.88. The van der Waals surface area contributed by atoms with Crippen molar-refractivity contribution in [3.8, 4) is 0 Å². The molecular weight excluding hydrogens is 273 g/mol. The third-order valence-corrected chi connectivity index (χ3v) is 4.44. The van der Waals surface area contributed by atoms with Crippen molar-refractivity contribution in [3.05, 3.63) is 35.1 Å². The van der Waals surface area contributed by atoms with Crippen LogP contribution in [0.2, 0.25) is 0 Å². The maximum atomic E-state index is 13.6. The van der Waals surface area contributed by atoms with Crippen molar-refractivity contribution < 1.29 is 19.1 Å². The average Bonchev–Trinajstić information content (AvgIpc) is 2.49. The lowest BCUT2D eigenvalue weighted by Crippen LogP contribution is -2.56. The molecule has 0 bridgehead atoms. The van der Waals surface area contributed by atoms with Crippen LogP contribution in [0.25, 0.3) is 0 Å². The van der Waals surface area contributed by atoms with Gasteiger partial charge in [-0.15, -0.1) is 0 Å². The van der Waals surface area contributed by atoms with Gasteiger partial charge in [-0.05, 0) is 37.5 Å². The first-order valence-corrected chi connectivity index (χ1v) is 7.16. The Morgan fingerprint density at radius 3 is 2.38 bits per heavy atom. The summed E-state index contributed by atoms with van der Waals surface area (Å²) < 4.78 is 13.6. The van der Waals surface area contributed by atoms with Crippen LogP contribution in [0.15, 0.2) is 18.2 Å². The lowest BCUT2D eigenvalue weighted by Gasteiger charge is -2.41. The van der Waals surface area contributed by atoms with Crippen LogP contribution in [0.5, 0.6) is 0 Å². The van der Waals surface area contributed by atoms with E-state index in [2.05, 4.69) is 0 Å². The smallest absolute Gasteiger partial charge is 0.329 e. The van der Waals surface area contributed by atoms with Gasteiger partial charge in [-0.1, -0.05) is 25.3 Å². The lowest BCUT2D eigenvalue weighted by atomic mass is 9.80. The van der Waals surface area contributed by atoms with Gasteiger partial charge in [0.1, 0.15) is 11.4 Å². The number of carbonyl (C=O) groups excluding carboxylic acids is 1. The molecule has 2 rings (SSSR count). The summed E-state index contributed by atoms with van der Waals surface area (Å²) >= 11 is 0. The molecule has 1 fully saturated rings. The third kappa shape index (κ3) is 2.77. The van der Waals surface area contributed by atoms with Gasteiger partial charge in [0.25, 0.3) is 5.91 Å². The van der Waals surface area contributed by atoms with Crippen molar-refractivity contribution in [2.75, 3.05) is 7.05 Å². The number of hydrogen-bond acceptors (Lipinski definition) is 2. The molecule has 1 saturated carbocycles. The molecule has 4 nitrogen and oxygen atoms in total. The highest BCUT2D eigenvalue weighted by Gasteiger charge is 2.45. The minimum absolute atomic E-state index is 0.187. The molecule has 1 aliphatic rings. The van der Waals surface area contributed by atoms with Crippen LogP contribution in [-0.4, -0.2) is 34.5 Å². The minimum Gasteiger partial charge on any atom is -0.479 e. The average molecular weight is 293 g/mol. The molecule has 1 N–H and O–H groups in total. The summed E-state index contributed by atoms with van der Waals surface area (Å²) in [6.45, 7) is 1.62. The monoisotopic (exact) mass is 293 g/mol. The second kappa shape index (κ2) is 5.84. The van der Waals surface area contributed by atoms with E-state index in [0.717, 1.165) is 19.3 Å². The number of amides is 1. The maximum Gasteiger partial charge on any atom is 0.329 e. The molecule has 5 heteroatoms. The fraction of sp³-hybridized carbons (Fsp3) is 0.500. The number of carboxylic acids is 1. The first-order chi connectivity index (χ1) is 9.88. The molecule has 114 valence electrons. The van der Waals surface area contributed by atoms with Crippen LogP contribution >= 0.6 is 0 Å². The summed E-state index contributed by atoms with van der Waals surface area (Å²) in [7, 11) is 1.50. The summed E-state index contributed by atoms with van der Waals surface area (Å²) in [4.78, 5) is 25.5. The molecule has 0 unspecified atom stereocenters. The molecule has 1 aliphatic carbocycles. The number of carbonyl (C=O) groups is 2. The van der Waals surface area contributed by atoms with Crippen LogP contribution in [0.3, 0.4) is 0 Å². The first kappa shape index (κ1) is 15.5. The van der Waals surface area contributed by atoms with Crippen LogP contribution in [0.1, 0.15) is 48.0 Å². The van der Waals surface area contributed by atoms with Gasteiger partial charge in [0, 0.05) is 12.6 Å². The highest BCUT2D eigenvalue weighted by molar-refractivity contribution is 5.97. The van der Waals surface area contributed by atoms with Crippen molar-refractivity contribution in [1.82, 2.24) is 4.90 Å². The molecule has 0 atom stereocenters. The number of rotatable bonds is 3. The van der Waals surface area contributed by atoms with E-state index in [-0.39, 0.29) is 5.56 Å². The first-order valence-electron chi connectivity index (χ1n) is 7.16. The van der Waals surface area contributed by atoms with Gasteiger partial charge in [-0.2, -0.15) is 0 Å². The van der Waals surface area contributed by atoms with Crippen molar-refractivity contribution in [2.45, 2.75) is 44.6 Å². The van der Waals surface area contributed by atoms with Gasteiger partial charge < -0.3 is 10.0 Å². The topological polar surface area (TPSA) is 57.6 Å². The molecular formula is C16H20FNO3. The van der Waals surface area contributed by atoms with Gasteiger partial charge in [0.2, 0.25) is 0 Å². The minimum atomic E-state index is -1.17. The fourth-order valence-electron chi connectivity index (χ4n) is 2.94. The van der Waals surface area contributed by atoms with Crippen molar-refractivity contribution >= 4 is 11.9 Å². The zero-order valence-electron chi connectivity index (χ0n) is 12.4. The Morgan fingerprint density at radius 2 is 1.86 bits per heavy atom. The van der Waals surface area contributed by atoms with E-state index < -0.39 is 23.2 Å². The number of likely N-dealkylation sites (N-methyl/N-ethyl adjacent to an activating group) is 1. The Hall–Kier alpha value is -1.91. The Balaban J connectivity index is 2.31. The predicted molar refractivity (Wildman–Crippen MR) is 76.7 cm³/mol. The van der Waals surface area contributed by atoms with E-state index in [4.69, 9.17) is 0 Å². The number of aliphatic carboxylic acids is 1. The van der Waals surface area contributed by atoms with Gasteiger partial charge >= 0.3 is 5.97 Å². The van der Waals surface area contributed by atoms with Crippen LogP contribution in [-0.2, 0) is 4.79 Å². The quantitative estimate of drug-likeness (QED) is 0.932. The normalized spacial score (nSPS) is 17.3. The van der Waals surface area contributed by atoms with Gasteiger partial charge in [-0.3, -0.25) is 4.79 Å². The number of benzene rings is 1. The Morgan fingerprint density at radius 1 is 1.24 bits per heavy atom. The Kier molecular flexibility index (Phi) is 4.30. The number of nitrogens with zero attached hydrogens (tertiary/aromatic N) is 1. The summed E-state index contributed by atoms with van der Waals surface area (Å²) in [5, 5.41) is 9.59. The van der Waals surface area contributed by atoms with Crippen molar-refractivity contribution in [1.29, 1.82) is 0 Å². The van der Waals surface area contributed by atoms with Crippen LogP contribution in [0.4, 0.5) is 4.39 Å². The molecule has 1 amide bonds. The van der Waals surface area contributed by atoms with Crippen molar-refractivity contribution in [3.63, 3.8) is 0 Å². The highest BCUT2D eigenvalue weighted by atomic mass is 19.1. The van der Waals surface area contributed by atoms with E-state index in [1.807, 2.05) is 0 Å². The largest absolute Gasteiger partial charge is 0.479 e. The van der Waals surface area contributed by atoms with E-state index in [1.54, 1.807) is 6.92 Å². The third-order valence-electron chi connectivity index (χ3n) is 4.44. The molecule has 0 radical (unpaired) electrons. The molecule has 0 heterocycles. The SMILES string of the molecule is Cc1ccc(C(=O)N(C)C2(C(=O)O)CCCCC2)cc1F. The second-order valence-electron chi connectivity index (χ2n) is 5.73. The molecule has 0 aromatic heterocycles. The zero-order valence-corrected chi connectivity index (χ0v) is 12.4. The molecule has 0 spiro atoms. The van der Waals surface area contributed by atoms with E-state index in [0.29, 0.717) is 18.4 Å². The number of carboxylic acid groups (broad SMARTS) is 1. The maximum absolute atomic E-state index is 13.6. The molecule has 0 saturated heterocycles. The van der Waals surface area contributed by atoms with Gasteiger partial charge in [-0.25, -0.2) is 9.18 Å². The highest BCUT2D eigenvalue weighted by Crippen LogP contribution is 2.34. The molecule has 1 aromatic carbocycles. The van der Waals surface area contributed by atoms with E-state index >= 15 is 0 Å². The molecule has 1 aromatic rings. The summed E-state index contributed by atoms with van der Waals surface area (Å²) in [5.41, 5.74) is -0.525. The summed E-state index contributed by atoms with van der Waals surface area (Å²) in [6.07, 6.45) is 3.44. The molecule has 0 aliphatic heterocycles. The van der Waals surface area contributed by atoms with E-state index in [9.17, 15) is 19.1 Å². The number of aryl methyl sites for hydroxylation is 1. The van der Waals surface area contributed by atoms with Gasteiger partial charge in [0.05, 0.1) is 0 Å². The number of halogens is 1. The predicted octanol–water partition coefficient (Wildman–Crippen LogP) is 2.99. The Bertz CT molecular complexity index is 565. The fourth-order valence-corrected chi connectivity index (χ4v) is 2.94. The van der Waals surface area contributed by atoms with Gasteiger partial charge in [0.15, 0.2) is 0 Å². The lowest BCUT2D eigenvalue weighted by molar-refractivity contribution is -0.151. The van der Waals surface area contributed by atoms with E-state index in [1.165, 1.54) is 30.1 Å². The van der Waals surface area contributed by atoms with Crippen LogP contribution < -0.4 is 0 Å². The second-order valence-corrected chi connectivity index (χ2v) is 5.73. The Labute approximate surface area is 123 Å². The number of hydrogen-bond donors (Lipinski definition) is 1. The standard InChI is InChI=1S/C16H20FNO3/c1-11-6-7-12(10-13(11)17)14(19)18(2)16(15(20)21)8-4-3-5-9-16/h6-7,10H,3-5,8-9H2,1-2H3,(H,20,21). The zero-order chi connectivity index (χ0) is 15.6. The van der Waals surface area contributed by atoms with Crippen molar-refractivity contribution in [2.24, 2.45) is 0 Å². The summed E-state index contributed by atoms with van der Waals surface area (Å²) in [6, 6.07) is 4.24.